The lowest BCUT2D eigenvalue weighted by atomic mass is 10.00. The highest BCUT2D eigenvalue weighted by Crippen LogP contribution is 2.40. The van der Waals surface area contributed by atoms with Gasteiger partial charge in [0, 0.05) is 43.8 Å². The minimum absolute atomic E-state index is 0.580. The maximum atomic E-state index is 6.60. The van der Waals surface area contributed by atoms with E-state index in [0.717, 1.165) is 93.9 Å². The summed E-state index contributed by atoms with van der Waals surface area (Å²) in [5, 5.41) is 4.25. The van der Waals surface area contributed by atoms with Crippen LogP contribution in [0.1, 0.15) is 0 Å². The Labute approximate surface area is 322 Å². The zero-order chi connectivity index (χ0) is 37.0. The van der Waals surface area contributed by atoms with Crippen molar-refractivity contribution < 1.29 is 8.83 Å². The smallest absolute Gasteiger partial charge is 0.164 e. The first kappa shape index (κ1) is 31.9. The molecule has 8 aromatic carbocycles. The van der Waals surface area contributed by atoms with Crippen molar-refractivity contribution in [2.75, 3.05) is 0 Å². The fraction of sp³-hybridized carbons (Fsp3) is 0. The third-order valence-corrected chi connectivity index (χ3v) is 10.6. The van der Waals surface area contributed by atoms with Gasteiger partial charge in [0.05, 0.1) is 0 Å². The zero-order valence-corrected chi connectivity index (χ0v) is 30.1. The molecule has 0 N–H and O–H groups in total. The molecule has 0 atom stereocenters. The summed E-state index contributed by atoms with van der Waals surface area (Å²) in [7, 11) is 0. The van der Waals surface area contributed by atoms with E-state index in [1.54, 1.807) is 0 Å². The Kier molecular flexibility index (Phi) is 7.42. The third kappa shape index (κ3) is 5.53. The number of nitrogens with zero attached hydrogens (tertiary/aromatic N) is 3. The van der Waals surface area contributed by atoms with Gasteiger partial charge in [-0.3, -0.25) is 0 Å². The molecule has 0 saturated carbocycles. The number of fused-ring (bicyclic) bond motifs is 6. The Bertz CT molecular complexity index is 3220. The van der Waals surface area contributed by atoms with Crippen molar-refractivity contribution in [3.8, 4) is 67.5 Å². The number of hydrogen-bond donors (Lipinski definition) is 0. The van der Waals surface area contributed by atoms with Crippen molar-refractivity contribution in [1.82, 2.24) is 15.0 Å². The average molecular weight is 718 g/mol. The van der Waals surface area contributed by atoms with Crippen LogP contribution >= 0.6 is 0 Å². The second kappa shape index (κ2) is 13.0. The van der Waals surface area contributed by atoms with Crippen molar-refractivity contribution in [1.29, 1.82) is 0 Å². The molecule has 0 spiro atoms. The van der Waals surface area contributed by atoms with E-state index in [4.69, 9.17) is 23.8 Å². The van der Waals surface area contributed by atoms with Crippen LogP contribution in [0.2, 0.25) is 0 Å². The quantitative estimate of drug-likeness (QED) is 0.171. The van der Waals surface area contributed by atoms with Gasteiger partial charge >= 0.3 is 0 Å². The van der Waals surface area contributed by atoms with Gasteiger partial charge in [0.1, 0.15) is 22.3 Å². The van der Waals surface area contributed by atoms with Gasteiger partial charge in [-0.05, 0) is 64.2 Å². The molecule has 0 radical (unpaired) electrons. The molecule has 262 valence electrons. The molecule has 5 heteroatoms. The molecule has 0 bridgehead atoms. The number of furan rings is 2. The van der Waals surface area contributed by atoms with Crippen LogP contribution in [0.25, 0.3) is 111 Å². The highest BCUT2D eigenvalue weighted by molar-refractivity contribution is 6.12. The van der Waals surface area contributed by atoms with Crippen LogP contribution < -0.4 is 0 Å². The van der Waals surface area contributed by atoms with Crippen molar-refractivity contribution in [3.63, 3.8) is 0 Å². The Balaban J connectivity index is 0.981. The van der Waals surface area contributed by atoms with E-state index in [9.17, 15) is 0 Å². The second-order valence-corrected chi connectivity index (χ2v) is 14.0. The van der Waals surface area contributed by atoms with Crippen molar-refractivity contribution >= 4 is 43.9 Å². The number of benzene rings is 8. The molecule has 11 rings (SSSR count). The van der Waals surface area contributed by atoms with Crippen LogP contribution in [0.15, 0.2) is 197 Å². The number of para-hydroxylation sites is 1. The van der Waals surface area contributed by atoms with Crippen molar-refractivity contribution in [3.05, 3.63) is 188 Å². The summed E-state index contributed by atoms with van der Waals surface area (Å²) >= 11 is 0. The van der Waals surface area contributed by atoms with E-state index >= 15 is 0 Å². The minimum Gasteiger partial charge on any atom is -0.456 e. The first-order valence-electron chi connectivity index (χ1n) is 18.7. The molecule has 0 aliphatic rings. The van der Waals surface area contributed by atoms with Gasteiger partial charge < -0.3 is 8.83 Å². The molecule has 0 aliphatic heterocycles. The molecule has 0 saturated heterocycles. The van der Waals surface area contributed by atoms with Gasteiger partial charge in [-0.1, -0.05) is 152 Å². The fourth-order valence-corrected chi connectivity index (χ4v) is 7.71. The van der Waals surface area contributed by atoms with Crippen LogP contribution in [-0.2, 0) is 0 Å². The SMILES string of the molecule is c1ccc(-c2ccc(-c3nc(-c4ccccc4)nc(-c4ccc5c(c4)oc4cc(-c6cccc7c6oc6cc(-c8ccccc8)ccc67)ccc45)n3)cc2)cc1. The molecule has 0 amide bonds. The van der Waals surface area contributed by atoms with E-state index < -0.39 is 0 Å². The lowest BCUT2D eigenvalue weighted by molar-refractivity contribution is 0.668. The van der Waals surface area contributed by atoms with Crippen LogP contribution in [0.4, 0.5) is 0 Å². The van der Waals surface area contributed by atoms with Crippen LogP contribution in [0, 0.1) is 0 Å². The predicted octanol–water partition coefficient (Wildman–Crippen LogP) is 13.7. The molecule has 56 heavy (non-hydrogen) atoms. The average Bonchev–Trinajstić information content (AvgIpc) is 3.84. The summed E-state index contributed by atoms with van der Waals surface area (Å²) in [5.74, 6) is 1.80. The van der Waals surface area contributed by atoms with E-state index in [-0.39, 0.29) is 0 Å². The van der Waals surface area contributed by atoms with Gasteiger partial charge in [0.15, 0.2) is 17.5 Å². The van der Waals surface area contributed by atoms with Crippen LogP contribution in [0.3, 0.4) is 0 Å². The van der Waals surface area contributed by atoms with E-state index in [1.165, 1.54) is 0 Å². The first-order valence-corrected chi connectivity index (χ1v) is 18.7. The molecule has 0 aliphatic carbocycles. The number of aromatic nitrogens is 3. The normalized spacial score (nSPS) is 11.6. The monoisotopic (exact) mass is 717 g/mol. The molecular formula is C51H31N3O2. The maximum Gasteiger partial charge on any atom is 0.164 e. The van der Waals surface area contributed by atoms with Crippen LogP contribution in [-0.4, -0.2) is 15.0 Å². The van der Waals surface area contributed by atoms with Gasteiger partial charge in [0.25, 0.3) is 0 Å². The molecule has 5 nitrogen and oxygen atoms in total. The van der Waals surface area contributed by atoms with Crippen molar-refractivity contribution in [2.24, 2.45) is 0 Å². The highest BCUT2D eigenvalue weighted by atomic mass is 16.3. The fourth-order valence-electron chi connectivity index (χ4n) is 7.71. The summed E-state index contributed by atoms with van der Waals surface area (Å²) in [6, 6.07) is 64.5. The van der Waals surface area contributed by atoms with Crippen LogP contribution in [0.5, 0.6) is 0 Å². The maximum absolute atomic E-state index is 6.60. The molecule has 0 fully saturated rings. The lowest BCUT2D eigenvalue weighted by Gasteiger charge is -2.09. The molecule has 3 heterocycles. The summed E-state index contributed by atoms with van der Waals surface area (Å²) in [6.45, 7) is 0. The lowest BCUT2D eigenvalue weighted by Crippen LogP contribution is -2.00. The largest absolute Gasteiger partial charge is 0.456 e. The standard InChI is InChI=1S/C51H31N3O2/c1-4-11-32(12-5-1)34-19-21-36(22-20-34)50-52-49(35-15-8-3-9-16-35)53-51(54-50)39-25-28-42-41-27-24-38(30-45(41)55-46(42)31-39)40-17-10-18-44-43-26-23-37(29-47(43)56-48(40)44)33-13-6-2-7-14-33/h1-31H. The minimum atomic E-state index is 0.580. The molecular weight excluding hydrogens is 687 g/mol. The Morgan fingerprint density at radius 2 is 0.679 bits per heavy atom. The number of hydrogen-bond acceptors (Lipinski definition) is 5. The predicted molar refractivity (Wildman–Crippen MR) is 227 cm³/mol. The zero-order valence-electron chi connectivity index (χ0n) is 30.1. The Morgan fingerprint density at radius 1 is 0.268 bits per heavy atom. The summed E-state index contributed by atoms with van der Waals surface area (Å²) in [6.07, 6.45) is 0. The molecule has 3 aromatic heterocycles. The Hall–Kier alpha value is -7.63. The highest BCUT2D eigenvalue weighted by Gasteiger charge is 2.17. The summed E-state index contributed by atoms with van der Waals surface area (Å²) in [5.41, 5.74) is 12.6. The van der Waals surface area contributed by atoms with E-state index in [2.05, 4.69) is 140 Å². The second-order valence-electron chi connectivity index (χ2n) is 14.0. The summed E-state index contributed by atoms with van der Waals surface area (Å²) < 4.78 is 13.2. The summed E-state index contributed by atoms with van der Waals surface area (Å²) in [4.78, 5) is 14.9. The van der Waals surface area contributed by atoms with E-state index in [0.29, 0.717) is 17.5 Å². The van der Waals surface area contributed by atoms with Gasteiger partial charge in [-0.15, -0.1) is 0 Å². The first-order chi connectivity index (χ1) is 27.7. The van der Waals surface area contributed by atoms with Gasteiger partial charge in [-0.2, -0.15) is 0 Å². The number of rotatable bonds is 6. The van der Waals surface area contributed by atoms with Crippen molar-refractivity contribution in [2.45, 2.75) is 0 Å². The Morgan fingerprint density at radius 3 is 1.32 bits per heavy atom. The van der Waals surface area contributed by atoms with E-state index in [1.807, 2.05) is 48.5 Å². The van der Waals surface area contributed by atoms with Gasteiger partial charge in [0.2, 0.25) is 0 Å². The van der Waals surface area contributed by atoms with Gasteiger partial charge in [-0.25, -0.2) is 15.0 Å². The third-order valence-electron chi connectivity index (χ3n) is 10.6. The topological polar surface area (TPSA) is 65.0 Å². The molecule has 0 unspecified atom stereocenters. The molecule has 11 aromatic rings.